The van der Waals surface area contributed by atoms with E-state index in [1.807, 2.05) is 17.5 Å². The van der Waals surface area contributed by atoms with Crippen LogP contribution in [0.1, 0.15) is 11.8 Å². The molecule has 1 aromatic carbocycles. The molecule has 3 aromatic rings. The molecule has 2 heterocycles. The van der Waals surface area contributed by atoms with E-state index in [4.69, 9.17) is 4.74 Å². The number of benzene rings is 1. The van der Waals surface area contributed by atoms with Gasteiger partial charge in [-0.15, -0.1) is 11.3 Å². The van der Waals surface area contributed by atoms with Crippen molar-refractivity contribution in [2.45, 2.75) is 26.1 Å². The summed E-state index contributed by atoms with van der Waals surface area (Å²) in [6.07, 6.45) is -1.03. The summed E-state index contributed by atoms with van der Waals surface area (Å²) in [4.78, 5) is 49.5. The maximum absolute atomic E-state index is 12.4. The van der Waals surface area contributed by atoms with Gasteiger partial charge in [0.05, 0.1) is 17.3 Å². The van der Waals surface area contributed by atoms with Crippen molar-refractivity contribution in [3.8, 4) is 0 Å². The highest BCUT2D eigenvalue weighted by molar-refractivity contribution is 7.09. The zero-order chi connectivity index (χ0) is 19.4. The van der Waals surface area contributed by atoms with E-state index in [9.17, 15) is 19.2 Å². The van der Waals surface area contributed by atoms with Gasteiger partial charge < -0.3 is 10.1 Å². The Morgan fingerprint density at radius 1 is 1.19 bits per heavy atom. The second-order valence-corrected chi connectivity index (χ2v) is 6.84. The maximum atomic E-state index is 12.4. The van der Waals surface area contributed by atoms with Gasteiger partial charge in [-0.05, 0) is 30.5 Å². The molecule has 1 amide bonds. The summed E-state index contributed by atoms with van der Waals surface area (Å²) in [5, 5.41) is 7.36. The van der Waals surface area contributed by atoms with Gasteiger partial charge in [0.2, 0.25) is 0 Å². The molecule has 0 saturated heterocycles. The standard InChI is InChI=1S/C18H17N3O5S/c1-11(16(23)19-9-12-5-4-8-27-12)26-15(22)10-21-18(25)14-7-3-2-6-13(14)17(24)20-21/h2-8,11H,9-10H2,1H3,(H,19,23)(H,20,24). The topological polar surface area (TPSA) is 110 Å². The minimum atomic E-state index is -1.03. The van der Waals surface area contributed by atoms with Crippen molar-refractivity contribution in [3.05, 3.63) is 67.4 Å². The van der Waals surface area contributed by atoms with E-state index in [2.05, 4.69) is 10.4 Å². The third kappa shape index (κ3) is 4.32. The lowest BCUT2D eigenvalue weighted by Crippen LogP contribution is -2.38. The number of aromatic nitrogens is 2. The van der Waals surface area contributed by atoms with Gasteiger partial charge in [0.15, 0.2) is 6.10 Å². The Bertz CT molecular complexity index is 1080. The fourth-order valence-corrected chi connectivity index (χ4v) is 3.15. The molecule has 1 atom stereocenters. The number of carbonyl (C=O) groups is 2. The second-order valence-electron chi connectivity index (χ2n) is 5.81. The number of hydrogen-bond acceptors (Lipinski definition) is 6. The molecule has 0 saturated carbocycles. The first-order valence-electron chi connectivity index (χ1n) is 8.17. The molecule has 0 fully saturated rings. The summed E-state index contributed by atoms with van der Waals surface area (Å²) in [6.45, 7) is 1.28. The Morgan fingerprint density at radius 2 is 1.93 bits per heavy atom. The first-order chi connectivity index (χ1) is 13.0. The van der Waals surface area contributed by atoms with E-state index < -0.39 is 35.6 Å². The quantitative estimate of drug-likeness (QED) is 0.613. The first-order valence-corrected chi connectivity index (χ1v) is 9.05. The van der Waals surface area contributed by atoms with Gasteiger partial charge in [0, 0.05) is 4.88 Å². The lowest BCUT2D eigenvalue weighted by molar-refractivity contribution is -0.155. The van der Waals surface area contributed by atoms with Crippen LogP contribution < -0.4 is 16.4 Å². The first kappa shape index (κ1) is 18.6. The van der Waals surface area contributed by atoms with Crippen LogP contribution in [0.5, 0.6) is 0 Å². The van der Waals surface area contributed by atoms with E-state index >= 15 is 0 Å². The monoisotopic (exact) mass is 387 g/mol. The predicted molar refractivity (Wildman–Crippen MR) is 101 cm³/mol. The lowest BCUT2D eigenvalue weighted by atomic mass is 10.2. The number of rotatable bonds is 6. The van der Waals surface area contributed by atoms with Crippen LogP contribution >= 0.6 is 11.3 Å². The van der Waals surface area contributed by atoms with Crippen molar-refractivity contribution in [1.82, 2.24) is 15.1 Å². The van der Waals surface area contributed by atoms with Gasteiger partial charge in [0.25, 0.3) is 17.0 Å². The molecule has 0 aliphatic carbocycles. The molecule has 27 heavy (non-hydrogen) atoms. The van der Waals surface area contributed by atoms with Gasteiger partial charge >= 0.3 is 5.97 Å². The van der Waals surface area contributed by atoms with Crippen molar-refractivity contribution in [2.24, 2.45) is 0 Å². The Kier molecular flexibility index (Phi) is 5.51. The van der Waals surface area contributed by atoms with Gasteiger partial charge in [-0.25, -0.2) is 4.68 Å². The number of carbonyl (C=O) groups excluding carboxylic acids is 2. The number of ether oxygens (including phenoxy) is 1. The van der Waals surface area contributed by atoms with Gasteiger partial charge in [0.1, 0.15) is 6.54 Å². The van der Waals surface area contributed by atoms with Crippen LogP contribution in [-0.4, -0.2) is 27.8 Å². The average molecular weight is 387 g/mol. The minimum absolute atomic E-state index is 0.204. The number of fused-ring (bicyclic) bond motifs is 1. The Hall–Kier alpha value is -3.20. The van der Waals surface area contributed by atoms with Crippen molar-refractivity contribution < 1.29 is 14.3 Å². The van der Waals surface area contributed by atoms with Crippen molar-refractivity contribution in [1.29, 1.82) is 0 Å². The third-order valence-corrected chi connectivity index (χ3v) is 4.74. The van der Waals surface area contributed by atoms with Crippen LogP contribution in [0.3, 0.4) is 0 Å². The Labute approximate surface area is 157 Å². The molecule has 0 radical (unpaired) electrons. The average Bonchev–Trinajstić information content (AvgIpc) is 3.17. The molecule has 9 heteroatoms. The van der Waals surface area contributed by atoms with E-state index in [1.165, 1.54) is 30.4 Å². The van der Waals surface area contributed by atoms with E-state index in [1.54, 1.807) is 12.1 Å². The summed E-state index contributed by atoms with van der Waals surface area (Å²) in [5.41, 5.74) is -1.00. The zero-order valence-corrected chi connectivity index (χ0v) is 15.2. The number of hydrogen-bond donors (Lipinski definition) is 2. The number of nitrogens with one attached hydrogen (secondary N) is 2. The van der Waals surface area contributed by atoms with Gasteiger partial charge in [-0.3, -0.25) is 24.3 Å². The van der Waals surface area contributed by atoms with E-state index in [0.717, 1.165) is 9.56 Å². The fourth-order valence-electron chi connectivity index (χ4n) is 2.51. The van der Waals surface area contributed by atoms with Crippen molar-refractivity contribution in [2.75, 3.05) is 0 Å². The third-order valence-electron chi connectivity index (χ3n) is 3.87. The number of nitrogens with zero attached hydrogens (tertiary/aromatic N) is 1. The molecule has 0 aliphatic rings. The SMILES string of the molecule is CC(OC(=O)Cn1[nH]c(=O)c2ccccc2c1=O)C(=O)NCc1cccs1. The second kappa shape index (κ2) is 8.00. The van der Waals surface area contributed by atoms with Crippen LogP contribution in [0, 0.1) is 0 Å². The van der Waals surface area contributed by atoms with Crippen molar-refractivity contribution in [3.63, 3.8) is 0 Å². The van der Waals surface area contributed by atoms with Crippen LogP contribution in [0.25, 0.3) is 10.8 Å². The molecule has 8 nitrogen and oxygen atoms in total. The van der Waals surface area contributed by atoms with E-state index in [0.29, 0.717) is 6.54 Å². The van der Waals surface area contributed by atoms with E-state index in [-0.39, 0.29) is 10.8 Å². The highest BCUT2D eigenvalue weighted by atomic mass is 32.1. The number of amides is 1. The summed E-state index contributed by atoms with van der Waals surface area (Å²) in [6, 6.07) is 10.1. The molecular weight excluding hydrogens is 370 g/mol. The maximum Gasteiger partial charge on any atom is 0.328 e. The molecule has 0 aliphatic heterocycles. The number of thiophene rings is 1. The highest BCUT2D eigenvalue weighted by Gasteiger charge is 2.19. The number of H-pyrrole nitrogens is 1. The molecule has 1 unspecified atom stereocenters. The number of esters is 1. The van der Waals surface area contributed by atoms with Crippen LogP contribution in [0.4, 0.5) is 0 Å². The smallest absolute Gasteiger partial charge is 0.328 e. The van der Waals surface area contributed by atoms with Crippen LogP contribution in [-0.2, 0) is 27.4 Å². The number of aromatic amines is 1. The predicted octanol–water partition coefficient (Wildman–Crippen LogP) is 0.999. The highest BCUT2D eigenvalue weighted by Crippen LogP contribution is 2.07. The molecule has 3 rings (SSSR count). The fraction of sp³-hybridized carbons (Fsp3) is 0.222. The zero-order valence-electron chi connectivity index (χ0n) is 14.4. The lowest BCUT2D eigenvalue weighted by Gasteiger charge is -2.14. The summed E-state index contributed by atoms with van der Waals surface area (Å²) in [7, 11) is 0. The van der Waals surface area contributed by atoms with Gasteiger partial charge in [-0.2, -0.15) is 0 Å². The Balaban J connectivity index is 1.64. The largest absolute Gasteiger partial charge is 0.451 e. The molecule has 2 aromatic heterocycles. The normalized spacial score (nSPS) is 11.9. The molecule has 2 N–H and O–H groups in total. The molecule has 0 spiro atoms. The summed E-state index contributed by atoms with van der Waals surface area (Å²) >= 11 is 1.50. The Morgan fingerprint density at radius 3 is 2.63 bits per heavy atom. The minimum Gasteiger partial charge on any atom is -0.451 e. The molecular formula is C18H17N3O5S. The van der Waals surface area contributed by atoms with Crippen molar-refractivity contribution >= 4 is 34.0 Å². The van der Waals surface area contributed by atoms with Crippen LogP contribution in [0.2, 0.25) is 0 Å². The van der Waals surface area contributed by atoms with Gasteiger partial charge in [-0.1, -0.05) is 18.2 Å². The molecule has 0 bridgehead atoms. The summed E-state index contributed by atoms with van der Waals surface area (Å²) in [5.74, 6) is -1.25. The molecule has 140 valence electrons. The van der Waals surface area contributed by atoms with Crippen LogP contribution in [0.15, 0.2) is 51.4 Å². The summed E-state index contributed by atoms with van der Waals surface area (Å²) < 4.78 is 5.94.